The lowest BCUT2D eigenvalue weighted by atomic mass is 10.1. The van der Waals surface area contributed by atoms with Crippen LogP contribution in [-0.2, 0) is 12.7 Å². The van der Waals surface area contributed by atoms with Gasteiger partial charge in [-0.3, -0.25) is 4.90 Å². The van der Waals surface area contributed by atoms with E-state index < -0.39 is 11.9 Å². The molecule has 0 aliphatic carbocycles. The molecule has 0 bridgehead atoms. The summed E-state index contributed by atoms with van der Waals surface area (Å²) in [5.41, 5.74) is -0.715. The first kappa shape index (κ1) is 14.7. The van der Waals surface area contributed by atoms with Crippen LogP contribution in [0.2, 0.25) is 0 Å². The number of piperazine rings is 1. The lowest BCUT2D eigenvalue weighted by Crippen LogP contribution is -2.54. The third-order valence-electron chi connectivity index (χ3n) is 3.41. The van der Waals surface area contributed by atoms with Crippen LogP contribution in [0.5, 0.6) is 0 Å². The fourth-order valence-corrected chi connectivity index (χ4v) is 3.41. The molecule has 2 heterocycles. The second-order valence-electron chi connectivity index (χ2n) is 5.03. The SMILES string of the molecule is Cc1nc(C(F)(F)F)c(CN2[C@H](C)CNC[C@@H]2C)s1. The molecule has 2 atom stereocenters. The van der Waals surface area contributed by atoms with Crippen LogP contribution in [0.1, 0.15) is 29.4 Å². The number of alkyl halides is 3. The van der Waals surface area contributed by atoms with Gasteiger partial charge in [-0.15, -0.1) is 11.3 Å². The van der Waals surface area contributed by atoms with Gasteiger partial charge in [0.25, 0.3) is 0 Å². The van der Waals surface area contributed by atoms with Crippen LogP contribution in [-0.4, -0.2) is 35.1 Å². The van der Waals surface area contributed by atoms with E-state index in [0.29, 0.717) is 16.4 Å². The average molecular weight is 293 g/mol. The van der Waals surface area contributed by atoms with E-state index in [4.69, 9.17) is 0 Å². The van der Waals surface area contributed by atoms with Gasteiger partial charge in [-0.2, -0.15) is 13.2 Å². The third-order valence-corrected chi connectivity index (χ3v) is 4.37. The van der Waals surface area contributed by atoms with E-state index in [1.807, 2.05) is 13.8 Å². The molecule has 1 aromatic heterocycles. The van der Waals surface area contributed by atoms with Gasteiger partial charge < -0.3 is 5.32 Å². The fraction of sp³-hybridized carbons (Fsp3) is 0.750. The van der Waals surface area contributed by atoms with E-state index in [2.05, 4.69) is 15.2 Å². The second-order valence-corrected chi connectivity index (χ2v) is 6.32. The Morgan fingerprint density at radius 3 is 2.42 bits per heavy atom. The predicted molar refractivity (Wildman–Crippen MR) is 69.2 cm³/mol. The lowest BCUT2D eigenvalue weighted by Gasteiger charge is -2.39. The zero-order valence-corrected chi connectivity index (χ0v) is 12.0. The number of aromatic nitrogens is 1. The third kappa shape index (κ3) is 3.27. The molecule has 1 aliphatic rings. The quantitative estimate of drug-likeness (QED) is 0.908. The van der Waals surface area contributed by atoms with Gasteiger partial charge in [-0.05, 0) is 20.8 Å². The highest BCUT2D eigenvalue weighted by molar-refractivity contribution is 7.11. The Labute approximate surface area is 114 Å². The van der Waals surface area contributed by atoms with Gasteiger partial charge in [0.05, 0.1) is 9.88 Å². The molecule has 0 spiro atoms. The second kappa shape index (κ2) is 5.38. The van der Waals surface area contributed by atoms with Gasteiger partial charge in [0.15, 0.2) is 5.69 Å². The van der Waals surface area contributed by atoms with Crippen LogP contribution in [0.25, 0.3) is 0 Å². The lowest BCUT2D eigenvalue weighted by molar-refractivity contribution is -0.141. The minimum atomic E-state index is -4.36. The predicted octanol–water partition coefficient (Wildman–Crippen LogP) is 2.65. The molecule has 1 aromatic rings. The molecule has 2 rings (SSSR count). The number of nitrogens with one attached hydrogen (secondary N) is 1. The molecule has 7 heteroatoms. The summed E-state index contributed by atoms with van der Waals surface area (Å²) < 4.78 is 38.8. The highest BCUT2D eigenvalue weighted by Crippen LogP contribution is 2.35. The molecule has 19 heavy (non-hydrogen) atoms. The number of nitrogens with zero attached hydrogens (tertiary/aromatic N) is 2. The van der Waals surface area contributed by atoms with Crippen molar-refractivity contribution < 1.29 is 13.2 Å². The molecule has 1 aliphatic heterocycles. The summed E-state index contributed by atoms with van der Waals surface area (Å²) in [5.74, 6) is 0. The Hall–Kier alpha value is -0.660. The van der Waals surface area contributed by atoms with Crippen molar-refractivity contribution in [2.24, 2.45) is 0 Å². The fourth-order valence-electron chi connectivity index (χ4n) is 2.45. The van der Waals surface area contributed by atoms with E-state index >= 15 is 0 Å². The monoisotopic (exact) mass is 293 g/mol. The maximum Gasteiger partial charge on any atom is 0.434 e. The first-order valence-electron chi connectivity index (χ1n) is 6.29. The summed E-state index contributed by atoms with van der Waals surface area (Å²) in [6, 6.07) is 0.458. The highest BCUT2D eigenvalue weighted by atomic mass is 32.1. The van der Waals surface area contributed by atoms with E-state index in [-0.39, 0.29) is 12.1 Å². The standard InChI is InChI=1S/C12H18F3N3S/c1-7-4-16-5-8(2)18(7)6-10-11(12(13,14)15)17-9(3)19-10/h7-8,16H,4-6H2,1-3H3/t7-,8+. The van der Waals surface area contributed by atoms with Crippen LogP contribution < -0.4 is 5.32 Å². The molecular weight excluding hydrogens is 275 g/mol. The molecule has 3 nitrogen and oxygen atoms in total. The van der Waals surface area contributed by atoms with Crippen LogP contribution >= 0.6 is 11.3 Å². The Morgan fingerprint density at radius 1 is 1.32 bits per heavy atom. The largest absolute Gasteiger partial charge is 0.434 e. The molecule has 1 saturated heterocycles. The van der Waals surface area contributed by atoms with Gasteiger partial charge >= 0.3 is 6.18 Å². The first-order valence-corrected chi connectivity index (χ1v) is 7.10. The van der Waals surface area contributed by atoms with Crippen molar-refractivity contribution in [3.63, 3.8) is 0 Å². The summed E-state index contributed by atoms with van der Waals surface area (Å²) >= 11 is 1.15. The van der Waals surface area contributed by atoms with E-state index in [0.717, 1.165) is 24.4 Å². The molecule has 0 unspecified atom stereocenters. The Kier molecular flexibility index (Phi) is 4.17. The normalized spacial score (nSPS) is 25.8. The molecule has 1 N–H and O–H groups in total. The molecular formula is C12H18F3N3S. The topological polar surface area (TPSA) is 28.2 Å². The maximum atomic E-state index is 12.9. The zero-order chi connectivity index (χ0) is 14.2. The van der Waals surface area contributed by atoms with Crippen LogP contribution in [0, 0.1) is 6.92 Å². The van der Waals surface area contributed by atoms with Gasteiger partial charge in [0.1, 0.15) is 0 Å². The molecule has 0 saturated carbocycles. The number of rotatable bonds is 2. The minimum Gasteiger partial charge on any atom is -0.314 e. The van der Waals surface area contributed by atoms with Crippen molar-refractivity contribution >= 4 is 11.3 Å². The van der Waals surface area contributed by atoms with E-state index in [9.17, 15) is 13.2 Å². The molecule has 0 aromatic carbocycles. The van der Waals surface area contributed by atoms with Gasteiger partial charge in [0.2, 0.25) is 0 Å². The van der Waals surface area contributed by atoms with Gasteiger partial charge in [0, 0.05) is 31.7 Å². The number of hydrogen-bond donors (Lipinski definition) is 1. The van der Waals surface area contributed by atoms with Crippen LogP contribution in [0.3, 0.4) is 0 Å². The summed E-state index contributed by atoms with van der Waals surface area (Å²) in [6.45, 7) is 7.62. The van der Waals surface area contributed by atoms with Gasteiger partial charge in [-0.1, -0.05) is 0 Å². The molecule has 0 amide bonds. The van der Waals surface area contributed by atoms with Crippen molar-refractivity contribution in [1.29, 1.82) is 0 Å². The minimum absolute atomic E-state index is 0.229. The number of hydrogen-bond acceptors (Lipinski definition) is 4. The number of aryl methyl sites for hydroxylation is 1. The molecule has 108 valence electrons. The maximum absolute atomic E-state index is 12.9. The van der Waals surface area contributed by atoms with Crippen molar-refractivity contribution in [1.82, 2.24) is 15.2 Å². The first-order chi connectivity index (χ1) is 8.79. The molecule has 0 radical (unpaired) electrons. The highest BCUT2D eigenvalue weighted by Gasteiger charge is 2.38. The summed E-state index contributed by atoms with van der Waals surface area (Å²) in [6.07, 6.45) is -4.36. The van der Waals surface area contributed by atoms with Crippen molar-refractivity contribution in [3.05, 3.63) is 15.6 Å². The van der Waals surface area contributed by atoms with Crippen molar-refractivity contribution in [3.8, 4) is 0 Å². The van der Waals surface area contributed by atoms with Crippen molar-refractivity contribution in [2.75, 3.05) is 13.1 Å². The summed E-state index contributed by atoms with van der Waals surface area (Å²) in [5, 5.41) is 3.74. The van der Waals surface area contributed by atoms with Crippen LogP contribution in [0.15, 0.2) is 0 Å². The summed E-state index contributed by atoms with van der Waals surface area (Å²) in [4.78, 5) is 6.08. The number of thiazole rings is 1. The average Bonchev–Trinajstić information content (AvgIpc) is 2.65. The zero-order valence-electron chi connectivity index (χ0n) is 11.2. The van der Waals surface area contributed by atoms with E-state index in [1.54, 1.807) is 6.92 Å². The summed E-state index contributed by atoms with van der Waals surface area (Å²) in [7, 11) is 0. The Balaban J connectivity index is 2.23. The van der Waals surface area contributed by atoms with E-state index in [1.165, 1.54) is 0 Å². The number of halogens is 3. The van der Waals surface area contributed by atoms with Gasteiger partial charge in [-0.25, -0.2) is 4.98 Å². The Morgan fingerprint density at radius 2 is 1.89 bits per heavy atom. The smallest absolute Gasteiger partial charge is 0.314 e. The van der Waals surface area contributed by atoms with Crippen LogP contribution in [0.4, 0.5) is 13.2 Å². The molecule has 1 fully saturated rings. The van der Waals surface area contributed by atoms with Crippen molar-refractivity contribution in [2.45, 2.75) is 45.6 Å². The Bertz CT molecular complexity index is 434.